The van der Waals surface area contributed by atoms with Gasteiger partial charge in [-0.3, -0.25) is 4.79 Å². The van der Waals surface area contributed by atoms with Gasteiger partial charge in [-0.25, -0.2) is 4.98 Å². The second-order valence-electron chi connectivity index (χ2n) is 4.45. The Balaban J connectivity index is 1.91. The third-order valence-corrected chi connectivity index (χ3v) is 2.88. The van der Waals surface area contributed by atoms with E-state index in [0.29, 0.717) is 12.6 Å². The number of amides is 1. The topological polar surface area (TPSA) is 72.9 Å². The van der Waals surface area contributed by atoms with Crippen LogP contribution >= 0.6 is 0 Å². The molecule has 0 aromatic carbocycles. The van der Waals surface area contributed by atoms with Crippen molar-refractivity contribution in [3.63, 3.8) is 0 Å². The number of nitrogens with one attached hydrogen (secondary N) is 1. The highest BCUT2D eigenvalue weighted by molar-refractivity contribution is 5.76. The summed E-state index contributed by atoms with van der Waals surface area (Å²) in [4.78, 5) is 15.3. The molecule has 1 saturated carbocycles. The van der Waals surface area contributed by atoms with Gasteiger partial charge in [-0.1, -0.05) is 6.92 Å². The fourth-order valence-electron chi connectivity index (χ4n) is 1.58. The van der Waals surface area contributed by atoms with Crippen LogP contribution in [0.1, 0.15) is 25.6 Å². The van der Waals surface area contributed by atoms with Crippen molar-refractivity contribution in [1.82, 2.24) is 14.9 Å². The van der Waals surface area contributed by atoms with Gasteiger partial charge in [-0.05, 0) is 12.8 Å². The first-order valence-corrected chi connectivity index (χ1v) is 5.69. The first-order chi connectivity index (χ1) is 7.66. The van der Waals surface area contributed by atoms with Crippen molar-refractivity contribution in [2.24, 2.45) is 11.7 Å². The smallest absolute Gasteiger partial charge is 0.222 e. The van der Waals surface area contributed by atoms with Gasteiger partial charge in [0.2, 0.25) is 5.91 Å². The van der Waals surface area contributed by atoms with Crippen LogP contribution in [0.25, 0.3) is 0 Å². The molecule has 2 rings (SSSR count). The van der Waals surface area contributed by atoms with Gasteiger partial charge in [0.15, 0.2) is 0 Å². The molecule has 1 aromatic rings. The van der Waals surface area contributed by atoms with E-state index < -0.39 is 0 Å². The molecule has 1 fully saturated rings. The van der Waals surface area contributed by atoms with Gasteiger partial charge in [0.1, 0.15) is 5.82 Å². The highest BCUT2D eigenvalue weighted by Gasteiger charge is 2.21. The van der Waals surface area contributed by atoms with E-state index in [1.54, 1.807) is 6.20 Å². The minimum absolute atomic E-state index is 0.158. The van der Waals surface area contributed by atoms with Gasteiger partial charge >= 0.3 is 0 Å². The number of rotatable bonds is 6. The molecule has 16 heavy (non-hydrogen) atoms. The van der Waals surface area contributed by atoms with Crippen LogP contribution in [0.2, 0.25) is 0 Å². The largest absolute Gasteiger partial charge is 0.369 e. The number of carbonyl (C=O) groups excluding carboxylic acids is 1. The molecule has 1 aliphatic carbocycles. The molecule has 0 bridgehead atoms. The standard InChI is InChI=1S/C11H18N4O/c1-8(11(12)16)7-15-5-4-13-10(15)6-14-9-2-3-9/h4-5,8-9,14H,2-3,6-7H2,1H3,(H2,12,16). The second-order valence-corrected chi connectivity index (χ2v) is 4.45. The third-order valence-electron chi connectivity index (χ3n) is 2.88. The van der Waals surface area contributed by atoms with E-state index in [-0.39, 0.29) is 11.8 Å². The molecule has 3 N–H and O–H groups in total. The third kappa shape index (κ3) is 2.82. The maximum absolute atomic E-state index is 11.0. The second kappa shape index (κ2) is 4.65. The van der Waals surface area contributed by atoms with Gasteiger partial charge in [-0.2, -0.15) is 0 Å². The van der Waals surface area contributed by atoms with Gasteiger partial charge in [-0.15, -0.1) is 0 Å². The number of aromatic nitrogens is 2. The molecular weight excluding hydrogens is 204 g/mol. The molecular formula is C11H18N4O. The normalized spacial score (nSPS) is 17.3. The molecule has 88 valence electrons. The summed E-state index contributed by atoms with van der Waals surface area (Å²) in [5, 5.41) is 3.40. The summed E-state index contributed by atoms with van der Waals surface area (Å²) in [6, 6.07) is 0.665. The molecule has 5 nitrogen and oxygen atoms in total. The Morgan fingerprint density at radius 2 is 2.50 bits per heavy atom. The molecule has 0 spiro atoms. The molecule has 0 aliphatic heterocycles. The average molecular weight is 222 g/mol. The number of carbonyl (C=O) groups is 1. The predicted octanol–water partition coefficient (Wildman–Crippen LogP) is 0.256. The zero-order chi connectivity index (χ0) is 11.5. The SMILES string of the molecule is CC(Cn1ccnc1CNC1CC1)C(N)=O. The Morgan fingerprint density at radius 3 is 3.12 bits per heavy atom. The van der Waals surface area contributed by atoms with Crippen LogP contribution in [0.15, 0.2) is 12.4 Å². The maximum atomic E-state index is 11.0. The molecule has 5 heteroatoms. The van der Waals surface area contributed by atoms with Crippen molar-refractivity contribution in [1.29, 1.82) is 0 Å². The van der Waals surface area contributed by atoms with E-state index in [2.05, 4.69) is 10.3 Å². The quantitative estimate of drug-likeness (QED) is 0.725. The van der Waals surface area contributed by atoms with Crippen LogP contribution < -0.4 is 11.1 Å². The van der Waals surface area contributed by atoms with Crippen molar-refractivity contribution < 1.29 is 4.79 Å². The van der Waals surface area contributed by atoms with Crippen molar-refractivity contribution in [2.45, 2.75) is 38.9 Å². The van der Waals surface area contributed by atoms with E-state index in [0.717, 1.165) is 12.4 Å². The summed E-state index contributed by atoms with van der Waals surface area (Å²) in [6.45, 7) is 3.21. The average Bonchev–Trinajstić information content (AvgIpc) is 2.97. The Hall–Kier alpha value is -1.36. The van der Waals surface area contributed by atoms with Crippen LogP contribution in [-0.4, -0.2) is 21.5 Å². The number of primary amides is 1. The Kier molecular flexibility index (Phi) is 3.24. The number of imidazole rings is 1. The van der Waals surface area contributed by atoms with Crippen LogP contribution in [0.4, 0.5) is 0 Å². The number of hydrogen-bond donors (Lipinski definition) is 2. The minimum Gasteiger partial charge on any atom is -0.369 e. The first-order valence-electron chi connectivity index (χ1n) is 5.69. The molecule has 1 unspecified atom stereocenters. The molecule has 0 saturated heterocycles. The maximum Gasteiger partial charge on any atom is 0.222 e. The van der Waals surface area contributed by atoms with Gasteiger partial charge < -0.3 is 15.6 Å². The zero-order valence-electron chi connectivity index (χ0n) is 9.52. The molecule has 1 atom stereocenters. The minimum atomic E-state index is -0.269. The summed E-state index contributed by atoms with van der Waals surface area (Å²) in [5.74, 6) is 0.545. The van der Waals surface area contributed by atoms with E-state index in [4.69, 9.17) is 5.73 Å². The van der Waals surface area contributed by atoms with Gasteiger partial charge in [0.05, 0.1) is 12.5 Å². The summed E-state index contributed by atoms with van der Waals surface area (Å²) in [5.41, 5.74) is 5.25. The van der Waals surface area contributed by atoms with Crippen molar-refractivity contribution in [3.8, 4) is 0 Å². The highest BCUT2D eigenvalue weighted by Crippen LogP contribution is 2.19. The summed E-state index contributed by atoms with van der Waals surface area (Å²) < 4.78 is 1.99. The number of nitrogens with zero attached hydrogens (tertiary/aromatic N) is 2. The van der Waals surface area contributed by atoms with Crippen LogP contribution in [-0.2, 0) is 17.9 Å². The fourth-order valence-corrected chi connectivity index (χ4v) is 1.58. The lowest BCUT2D eigenvalue weighted by Crippen LogP contribution is -2.26. The molecule has 1 heterocycles. The van der Waals surface area contributed by atoms with Crippen molar-refractivity contribution >= 4 is 5.91 Å². The Morgan fingerprint density at radius 1 is 1.75 bits per heavy atom. The van der Waals surface area contributed by atoms with E-state index in [1.807, 2.05) is 17.7 Å². The Labute approximate surface area is 95.0 Å². The number of nitrogens with two attached hydrogens (primary N) is 1. The monoisotopic (exact) mass is 222 g/mol. The van der Waals surface area contributed by atoms with E-state index in [1.165, 1.54) is 12.8 Å². The molecule has 1 aromatic heterocycles. The van der Waals surface area contributed by atoms with Gasteiger partial charge in [0, 0.05) is 25.0 Å². The van der Waals surface area contributed by atoms with Crippen molar-refractivity contribution in [3.05, 3.63) is 18.2 Å². The predicted molar refractivity (Wildman–Crippen MR) is 60.4 cm³/mol. The lowest BCUT2D eigenvalue weighted by Gasteiger charge is -2.11. The highest BCUT2D eigenvalue weighted by atomic mass is 16.1. The molecule has 1 amide bonds. The lowest BCUT2D eigenvalue weighted by atomic mass is 10.2. The number of hydrogen-bond acceptors (Lipinski definition) is 3. The van der Waals surface area contributed by atoms with Crippen LogP contribution in [0, 0.1) is 5.92 Å². The van der Waals surface area contributed by atoms with Crippen molar-refractivity contribution in [2.75, 3.05) is 0 Å². The van der Waals surface area contributed by atoms with E-state index >= 15 is 0 Å². The first kappa shape index (κ1) is 11.1. The summed E-state index contributed by atoms with van der Waals surface area (Å²) in [7, 11) is 0. The van der Waals surface area contributed by atoms with E-state index in [9.17, 15) is 4.79 Å². The summed E-state index contributed by atoms with van der Waals surface area (Å²) in [6.07, 6.45) is 6.18. The Bertz CT molecular complexity index is 370. The van der Waals surface area contributed by atoms with Crippen LogP contribution in [0.3, 0.4) is 0 Å². The molecule has 0 radical (unpaired) electrons. The lowest BCUT2D eigenvalue weighted by molar-refractivity contribution is -0.121. The fraction of sp³-hybridized carbons (Fsp3) is 0.636. The summed E-state index contributed by atoms with van der Waals surface area (Å²) >= 11 is 0. The van der Waals surface area contributed by atoms with Crippen LogP contribution in [0.5, 0.6) is 0 Å². The molecule has 1 aliphatic rings. The zero-order valence-corrected chi connectivity index (χ0v) is 9.52. The van der Waals surface area contributed by atoms with Gasteiger partial charge in [0.25, 0.3) is 0 Å².